The average molecular weight is 297 g/mol. The molecule has 0 unspecified atom stereocenters. The molecule has 0 heterocycles. The Morgan fingerprint density at radius 1 is 1.25 bits per heavy atom. The largest absolute Gasteiger partial charge is 0.495 e. The van der Waals surface area contributed by atoms with E-state index in [1.54, 1.807) is 12.1 Å². The van der Waals surface area contributed by atoms with Gasteiger partial charge in [-0.1, -0.05) is 25.3 Å². The third kappa shape index (κ3) is 3.73. The molecule has 1 aromatic carbocycles. The van der Waals surface area contributed by atoms with Crippen molar-refractivity contribution in [2.75, 3.05) is 13.7 Å². The van der Waals surface area contributed by atoms with Crippen LogP contribution in [0.5, 0.6) is 5.75 Å². The molecule has 4 nitrogen and oxygen atoms in total. The second-order valence-electron chi connectivity index (χ2n) is 5.51. The van der Waals surface area contributed by atoms with Crippen LogP contribution in [0, 0.1) is 12.8 Å². The van der Waals surface area contributed by atoms with Crippen molar-refractivity contribution in [1.29, 1.82) is 0 Å². The van der Waals surface area contributed by atoms with Crippen molar-refractivity contribution < 1.29 is 13.2 Å². The minimum atomic E-state index is -3.50. The number of rotatable bonds is 5. The molecule has 0 amide bonds. The van der Waals surface area contributed by atoms with E-state index in [4.69, 9.17) is 4.74 Å². The quantitative estimate of drug-likeness (QED) is 0.909. The van der Waals surface area contributed by atoms with Crippen LogP contribution in [0.25, 0.3) is 0 Å². The Kier molecular flexibility index (Phi) is 5.05. The zero-order valence-electron chi connectivity index (χ0n) is 12.2. The first-order valence-electron chi connectivity index (χ1n) is 7.17. The van der Waals surface area contributed by atoms with Crippen LogP contribution in [-0.4, -0.2) is 22.1 Å². The summed E-state index contributed by atoms with van der Waals surface area (Å²) in [5.74, 6) is 0.862. The molecular weight excluding hydrogens is 274 g/mol. The Hall–Kier alpha value is -1.07. The fourth-order valence-corrected chi connectivity index (χ4v) is 4.06. The molecule has 1 aromatic rings. The molecule has 2 rings (SSSR count). The Bertz CT molecular complexity index is 548. The molecule has 0 radical (unpaired) electrons. The normalized spacial score (nSPS) is 17.1. The zero-order valence-corrected chi connectivity index (χ0v) is 13.0. The SMILES string of the molecule is COc1ccc(C)cc1S(=O)(=O)NCC1CCCCC1. The number of benzene rings is 1. The van der Waals surface area contributed by atoms with Crippen LogP contribution in [0.15, 0.2) is 23.1 Å². The highest BCUT2D eigenvalue weighted by atomic mass is 32.2. The lowest BCUT2D eigenvalue weighted by Gasteiger charge is -2.22. The maximum Gasteiger partial charge on any atom is 0.244 e. The molecule has 0 aliphatic heterocycles. The maximum absolute atomic E-state index is 12.4. The monoisotopic (exact) mass is 297 g/mol. The van der Waals surface area contributed by atoms with Crippen molar-refractivity contribution in [2.45, 2.75) is 43.9 Å². The first-order chi connectivity index (χ1) is 9.53. The van der Waals surface area contributed by atoms with Crippen LogP contribution in [0.1, 0.15) is 37.7 Å². The van der Waals surface area contributed by atoms with Gasteiger partial charge in [-0.3, -0.25) is 0 Å². The number of nitrogens with one attached hydrogen (secondary N) is 1. The van der Waals surface area contributed by atoms with Gasteiger partial charge in [-0.15, -0.1) is 0 Å². The molecule has 1 N–H and O–H groups in total. The number of methoxy groups -OCH3 is 1. The predicted molar refractivity (Wildman–Crippen MR) is 79.5 cm³/mol. The van der Waals surface area contributed by atoms with Gasteiger partial charge in [0, 0.05) is 6.54 Å². The van der Waals surface area contributed by atoms with Gasteiger partial charge in [-0.25, -0.2) is 13.1 Å². The fourth-order valence-electron chi connectivity index (χ4n) is 2.69. The molecule has 0 aromatic heterocycles. The van der Waals surface area contributed by atoms with E-state index in [-0.39, 0.29) is 4.90 Å². The average Bonchev–Trinajstić information content (AvgIpc) is 2.46. The standard InChI is InChI=1S/C15H23NO3S/c1-12-8-9-14(19-2)15(10-12)20(17,18)16-11-13-6-4-3-5-7-13/h8-10,13,16H,3-7,11H2,1-2H3. The Morgan fingerprint density at radius 2 is 1.95 bits per heavy atom. The summed E-state index contributed by atoms with van der Waals surface area (Å²) >= 11 is 0. The Morgan fingerprint density at radius 3 is 2.60 bits per heavy atom. The van der Waals surface area contributed by atoms with Gasteiger partial charge in [-0.05, 0) is 43.4 Å². The summed E-state index contributed by atoms with van der Waals surface area (Å²) < 4.78 is 32.7. The first kappa shape index (κ1) is 15.3. The van der Waals surface area contributed by atoms with Crippen LogP contribution >= 0.6 is 0 Å². The van der Waals surface area contributed by atoms with E-state index in [9.17, 15) is 8.42 Å². The number of sulfonamides is 1. The van der Waals surface area contributed by atoms with Crippen LogP contribution in [0.2, 0.25) is 0 Å². The van der Waals surface area contributed by atoms with E-state index in [1.807, 2.05) is 13.0 Å². The summed E-state index contributed by atoms with van der Waals surface area (Å²) in [5, 5.41) is 0. The molecule has 0 atom stereocenters. The smallest absolute Gasteiger partial charge is 0.244 e. The molecule has 20 heavy (non-hydrogen) atoms. The minimum Gasteiger partial charge on any atom is -0.495 e. The van der Waals surface area contributed by atoms with Gasteiger partial charge >= 0.3 is 0 Å². The van der Waals surface area contributed by atoms with E-state index in [2.05, 4.69) is 4.72 Å². The van der Waals surface area contributed by atoms with Crippen molar-refractivity contribution in [2.24, 2.45) is 5.92 Å². The maximum atomic E-state index is 12.4. The third-order valence-corrected chi connectivity index (χ3v) is 5.34. The van der Waals surface area contributed by atoms with Gasteiger partial charge < -0.3 is 4.74 Å². The summed E-state index contributed by atoms with van der Waals surface area (Å²) in [6.45, 7) is 2.40. The zero-order chi connectivity index (χ0) is 14.6. The highest BCUT2D eigenvalue weighted by molar-refractivity contribution is 7.89. The van der Waals surface area contributed by atoms with E-state index in [0.717, 1.165) is 18.4 Å². The molecule has 5 heteroatoms. The molecule has 1 aliphatic carbocycles. The lowest BCUT2D eigenvalue weighted by molar-refractivity contribution is 0.356. The van der Waals surface area contributed by atoms with Crippen LogP contribution in [0.4, 0.5) is 0 Å². The minimum absolute atomic E-state index is 0.232. The van der Waals surface area contributed by atoms with Gasteiger partial charge in [0.25, 0.3) is 0 Å². The second kappa shape index (κ2) is 6.59. The fraction of sp³-hybridized carbons (Fsp3) is 0.600. The lowest BCUT2D eigenvalue weighted by Crippen LogP contribution is -2.30. The number of aryl methyl sites for hydroxylation is 1. The highest BCUT2D eigenvalue weighted by Gasteiger charge is 2.22. The van der Waals surface area contributed by atoms with E-state index in [1.165, 1.54) is 26.4 Å². The topological polar surface area (TPSA) is 55.4 Å². The van der Waals surface area contributed by atoms with Crippen molar-refractivity contribution in [3.8, 4) is 5.75 Å². The molecule has 0 saturated heterocycles. The third-order valence-electron chi connectivity index (χ3n) is 3.90. The first-order valence-corrected chi connectivity index (χ1v) is 8.65. The Balaban J connectivity index is 2.11. The van der Waals surface area contributed by atoms with Gasteiger partial charge in [-0.2, -0.15) is 0 Å². The molecule has 1 aliphatic rings. The summed E-state index contributed by atoms with van der Waals surface area (Å²) in [5.41, 5.74) is 0.906. The van der Waals surface area contributed by atoms with Crippen molar-refractivity contribution in [3.63, 3.8) is 0 Å². The van der Waals surface area contributed by atoms with Gasteiger partial charge in [0.05, 0.1) is 7.11 Å². The number of hydrogen-bond donors (Lipinski definition) is 1. The highest BCUT2D eigenvalue weighted by Crippen LogP contribution is 2.26. The van der Waals surface area contributed by atoms with Crippen LogP contribution < -0.4 is 9.46 Å². The van der Waals surface area contributed by atoms with Crippen molar-refractivity contribution in [3.05, 3.63) is 23.8 Å². The summed E-state index contributed by atoms with van der Waals surface area (Å²) in [6, 6.07) is 5.20. The molecule has 1 saturated carbocycles. The molecule has 112 valence electrons. The lowest BCUT2D eigenvalue weighted by atomic mass is 9.90. The molecule has 0 spiro atoms. The molecular formula is C15H23NO3S. The van der Waals surface area contributed by atoms with Crippen molar-refractivity contribution >= 4 is 10.0 Å². The van der Waals surface area contributed by atoms with Gasteiger partial charge in [0.1, 0.15) is 10.6 Å². The van der Waals surface area contributed by atoms with E-state index >= 15 is 0 Å². The molecule has 1 fully saturated rings. The predicted octanol–water partition coefficient (Wildman–Crippen LogP) is 2.86. The summed E-state index contributed by atoms with van der Waals surface area (Å²) in [6.07, 6.45) is 5.93. The van der Waals surface area contributed by atoms with Gasteiger partial charge in [0.2, 0.25) is 10.0 Å². The van der Waals surface area contributed by atoms with Crippen LogP contribution in [0.3, 0.4) is 0 Å². The summed E-state index contributed by atoms with van der Waals surface area (Å²) in [7, 11) is -2.01. The second-order valence-corrected chi connectivity index (χ2v) is 7.25. The van der Waals surface area contributed by atoms with E-state index in [0.29, 0.717) is 18.2 Å². The van der Waals surface area contributed by atoms with E-state index < -0.39 is 10.0 Å². The molecule has 0 bridgehead atoms. The number of hydrogen-bond acceptors (Lipinski definition) is 3. The number of ether oxygens (including phenoxy) is 1. The van der Waals surface area contributed by atoms with Crippen molar-refractivity contribution in [1.82, 2.24) is 4.72 Å². The van der Waals surface area contributed by atoms with Gasteiger partial charge in [0.15, 0.2) is 0 Å². The van der Waals surface area contributed by atoms with Crippen LogP contribution in [-0.2, 0) is 10.0 Å². The summed E-state index contributed by atoms with van der Waals surface area (Å²) in [4.78, 5) is 0.232. The Labute approximate surface area is 121 Å².